The number of nitrogens with zero attached hydrogens (tertiary/aromatic N) is 4. The molecule has 0 unspecified atom stereocenters. The van der Waals surface area contributed by atoms with Gasteiger partial charge in [-0.3, -0.25) is 4.57 Å². The highest BCUT2D eigenvalue weighted by Gasteiger charge is 2.20. The normalized spacial score (nSPS) is 11.4. The minimum absolute atomic E-state index is 0.357. The van der Waals surface area contributed by atoms with Crippen LogP contribution >= 0.6 is 0 Å². The predicted octanol–water partition coefficient (Wildman–Crippen LogP) is 6.55. The van der Waals surface area contributed by atoms with E-state index in [1.807, 2.05) is 18.6 Å². The average Bonchev–Trinajstić information content (AvgIpc) is 3.23. The molecule has 0 aliphatic carbocycles. The van der Waals surface area contributed by atoms with E-state index >= 15 is 0 Å². The van der Waals surface area contributed by atoms with Gasteiger partial charge in [-0.25, -0.2) is 15.0 Å². The van der Waals surface area contributed by atoms with Crippen LogP contribution < -0.4 is 0 Å². The smallest absolute Gasteiger partial charge is 0.144 e. The molecule has 30 heavy (non-hydrogen) atoms. The Balaban J connectivity index is 1.97. The Morgan fingerprint density at radius 3 is 1.93 bits per heavy atom. The van der Waals surface area contributed by atoms with Crippen LogP contribution in [0.1, 0.15) is 56.2 Å². The zero-order valence-corrected chi connectivity index (χ0v) is 18.3. The highest BCUT2D eigenvalue weighted by atomic mass is 15.1. The van der Waals surface area contributed by atoms with Crippen LogP contribution in [0.25, 0.3) is 28.2 Å². The van der Waals surface area contributed by atoms with Gasteiger partial charge in [0.1, 0.15) is 12.2 Å². The summed E-state index contributed by atoms with van der Waals surface area (Å²) in [5.41, 5.74) is 8.39. The van der Waals surface area contributed by atoms with Gasteiger partial charge in [0, 0.05) is 35.9 Å². The lowest BCUT2D eigenvalue weighted by atomic mass is 9.88. The second-order valence-corrected chi connectivity index (χ2v) is 8.43. The standard InChI is InChI=1S/C26H28N4/c1-17(2)23-12-21(22-14-27-16-28-15-22)13-24(18(3)4)25(23)30-11-10-29-26(30)20-8-6-19(5)7-9-20/h6-18H,1-5H3. The van der Waals surface area contributed by atoms with Crippen molar-refractivity contribution in [3.05, 3.63) is 84.2 Å². The highest BCUT2D eigenvalue weighted by Crippen LogP contribution is 2.37. The van der Waals surface area contributed by atoms with Gasteiger partial charge in [-0.1, -0.05) is 57.5 Å². The van der Waals surface area contributed by atoms with E-state index in [1.54, 1.807) is 6.33 Å². The van der Waals surface area contributed by atoms with E-state index in [9.17, 15) is 0 Å². The zero-order chi connectivity index (χ0) is 21.3. The molecule has 0 spiro atoms. The van der Waals surface area contributed by atoms with Crippen molar-refractivity contribution in [3.63, 3.8) is 0 Å². The van der Waals surface area contributed by atoms with Crippen LogP contribution in [0.15, 0.2) is 67.5 Å². The zero-order valence-electron chi connectivity index (χ0n) is 18.3. The third-order valence-electron chi connectivity index (χ3n) is 5.50. The van der Waals surface area contributed by atoms with Crippen LogP contribution in [0, 0.1) is 6.92 Å². The summed E-state index contributed by atoms with van der Waals surface area (Å²) in [5, 5.41) is 0. The Bertz CT molecular complexity index is 1110. The molecule has 0 radical (unpaired) electrons. The molecule has 2 heterocycles. The predicted molar refractivity (Wildman–Crippen MR) is 123 cm³/mol. The minimum Gasteiger partial charge on any atom is -0.299 e. The monoisotopic (exact) mass is 396 g/mol. The third-order valence-corrected chi connectivity index (χ3v) is 5.50. The van der Waals surface area contributed by atoms with Crippen LogP contribution in [-0.2, 0) is 0 Å². The molecule has 0 aliphatic heterocycles. The van der Waals surface area contributed by atoms with Crippen LogP contribution in [0.4, 0.5) is 0 Å². The Labute approximate surface area is 178 Å². The number of hydrogen-bond acceptors (Lipinski definition) is 3. The number of aryl methyl sites for hydroxylation is 1. The van der Waals surface area contributed by atoms with Gasteiger partial charge in [-0.2, -0.15) is 0 Å². The second kappa shape index (κ2) is 8.23. The van der Waals surface area contributed by atoms with Gasteiger partial charge < -0.3 is 0 Å². The molecular weight excluding hydrogens is 368 g/mol. The summed E-state index contributed by atoms with van der Waals surface area (Å²) in [6, 6.07) is 13.1. The Kier molecular flexibility index (Phi) is 5.49. The van der Waals surface area contributed by atoms with Gasteiger partial charge in [-0.05, 0) is 47.6 Å². The molecule has 4 nitrogen and oxygen atoms in total. The lowest BCUT2D eigenvalue weighted by molar-refractivity contribution is 0.807. The lowest BCUT2D eigenvalue weighted by Crippen LogP contribution is -2.08. The fourth-order valence-corrected chi connectivity index (χ4v) is 3.85. The van der Waals surface area contributed by atoms with Gasteiger partial charge in [-0.15, -0.1) is 0 Å². The largest absolute Gasteiger partial charge is 0.299 e. The summed E-state index contributed by atoms with van der Waals surface area (Å²) >= 11 is 0. The van der Waals surface area contributed by atoms with Crippen LogP contribution in [-0.4, -0.2) is 19.5 Å². The summed E-state index contributed by atoms with van der Waals surface area (Å²) in [6.07, 6.45) is 9.30. The van der Waals surface area contributed by atoms with Crippen molar-refractivity contribution in [1.82, 2.24) is 19.5 Å². The van der Waals surface area contributed by atoms with Crippen molar-refractivity contribution in [2.75, 3.05) is 0 Å². The van der Waals surface area contributed by atoms with Crippen molar-refractivity contribution in [2.24, 2.45) is 0 Å². The van der Waals surface area contributed by atoms with Crippen LogP contribution in [0.2, 0.25) is 0 Å². The van der Waals surface area contributed by atoms with E-state index in [4.69, 9.17) is 4.98 Å². The molecule has 0 fully saturated rings. The van der Waals surface area contributed by atoms with Crippen molar-refractivity contribution in [1.29, 1.82) is 0 Å². The van der Waals surface area contributed by atoms with Gasteiger partial charge in [0.25, 0.3) is 0 Å². The molecule has 0 saturated heterocycles. The van der Waals surface area contributed by atoms with Crippen molar-refractivity contribution in [2.45, 2.75) is 46.5 Å². The molecule has 2 aromatic carbocycles. The highest BCUT2D eigenvalue weighted by molar-refractivity contribution is 5.70. The van der Waals surface area contributed by atoms with Gasteiger partial charge in [0.05, 0.1) is 5.69 Å². The van der Waals surface area contributed by atoms with E-state index in [2.05, 4.69) is 91.7 Å². The number of aromatic nitrogens is 4. The third kappa shape index (κ3) is 3.78. The first-order valence-corrected chi connectivity index (χ1v) is 10.5. The van der Waals surface area contributed by atoms with Crippen LogP contribution in [0.3, 0.4) is 0 Å². The molecule has 0 amide bonds. The van der Waals surface area contributed by atoms with Crippen molar-refractivity contribution < 1.29 is 0 Å². The first kappa shape index (κ1) is 20.0. The molecule has 0 N–H and O–H groups in total. The molecule has 4 rings (SSSR count). The number of hydrogen-bond donors (Lipinski definition) is 0. The van der Waals surface area contributed by atoms with E-state index in [0.717, 1.165) is 22.5 Å². The fourth-order valence-electron chi connectivity index (χ4n) is 3.85. The SMILES string of the molecule is Cc1ccc(-c2nccn2-c2c(C(C)C)cc(-c3cncnc3)cc2C(C)C)cc1. The summed E-state index contributed by atoms with van der Waals surface area (Å²) in [4.78, 5) is 13.2. The molecule has 0 aliphatic rings. The number of benzene rings is 2. The number of rotatable bonds is 5. The summed E-state index contributed by atoms with van der Waals surface area (Å²) in [5.74, 6) is 1.68. The first-order valence-electron chi connectivity index (χ1n) is 10.5. The summed E-state index contributed by atoms with van der Waals surface area (Å²) < 4.78 is 2.25. The molecule has 4 heteroatoms. The maximum atomic E-state index is 4.72. The van der Waals surface area contributed by atoms with Crippen molar-refractivity contribution in [3.8, 4) is 28.2 Å². The molecule has 4 aromatic rings. The second-order valence-electron chi connectivity index (χ2n) is 8.43. The molecule has 0 bridgehead atoms. The summed E-state index contributed by atoms with van der Waals surface area (Å²) in [6.45, 7) is 11.1. The number of imidazole rings is 1. The van der Waals surface area contributed by atoms with Gasteiger partial charge in [0.15, 0.2) is 0 Å². The van der Waals surface area contributed by atoms with Crippen molar-refractivity contribution >= 4 is 0 Å². The van der Waals surface area contributed by atoms with Gasteiger partial charge in [0.2, 0.25) is 0 Å². The maximum Gasteiger partial charge on any atom is 0.144 e. The quantitative estimate of drug-likeness (QED) is 0.384. The summed E-state index contributed by atoms with van der Waals surface area (Å²) in [7, 11) is 0. The van der Waals surface area contributed by atoms with Gasteiger partial charge >= 0.3 is 0 Å². The van der Waals surface area contributed by atoms with E-state index in [0.29, 0.717) is 11.8 Å². The van der Waals surface area contributed by atoms with E-state index in [-0.39, 0.29) is 0 Å². The molecule has 152 valence electrons. The maximum absolute atomic E-state index is 4.72. The average molecular weight is 397 g/mol. The molecule has 2 aromatic heterocycles. The molecule has 0 saturated carbocycles. The molecular formula is C26H28N4. The Morgan fingerprint density at radius 2 is 1.37 bits per heavy atom. The van der Waals surface area contributed by atoms with E-state index < -0.39 is 0 Å². The minimum atomic E-state index is 0.357. The topological polar surface area (TPSA) is 43.6 Å². The molecule has 0 atom stereocenters. The Hall–Kier alpha value is -3.27. The Morgan fingerprint density at radius 1 is 0.767 bits per heavy atom. The van der Waals surface area contributed by atoms with E-state index in [1.165, 1.54) is 22.4 Å². The fraction of sp³-hybridized carbons (Fsp3) is 0.269. The lowest BCUT2D eigenvalue weighted by Gasteiger charge is -2.23. The first-order chi connectivity index (χ1) is 14.5. The van der Waals surface area contributed by atoms with Crippen LogP contribution in [0.5, 0.6) is 0 Å².